The fraction of sp³-hybridized carbons (Fsp3) is 0.545. The third-order valence-corrected chi connectivity index (χ3v) is 5.83. The average Bonchev–Trinajstić information content (AvgIpc) is 2.71. The van der Waals surface area contributed by atoms with E-state index in [9.17, 15) is 4.79 Å². The molecule has 15 heavy (non-hydrogen) atoms. The average molecular weight is 260 g/mol. The SMILES string of the molecule is C=CC(=O)SCC1=CSC(CCCC)S1. The van der Waals surface area contributed by atoms with Gasteiger partial charge in [-0.25, -0.2) is 0 Å². The van der Waals surface area contributed by atoms with E-state index in [1.807, 2.05) is 23.5 Å². The van der Waals surface area contributed by atoms with Crippen LogP contribution in [0.2, 0.25) is 0 Å². The van der Waals surface area contributed by atoms with Crippen LogP contribution in [0.25, 0.3) is 0 Å². The van der Waals surface area contributed by atoms with Crippen molar-refractivity contribution >= 4 is 40.4 Å². The Morgan fingerprint density at radius 1 is 1.73 bits per heavy atom. The molecule has 0 N–H and O–H groups in total. The number of hydrogen-bond donors (Lipinski definition) is 0. The van der Waals surface area contributed by atoms with Gasteiger partial charge in [0.2, 0.25) is 5.12 Å². The summed E-state index contributed by atoms with van der Waals surface area (Å²) in [6.45, 7) is 5.68. The molecule has 0 bridgehead atoms. The second kappa shape index (κ2) is 7.47. The Kier molecular flexibility index (Phi) is 6.61. The predicted octanol–water partition coefficient (Wildman–Crippen LogP) is 4.27. The van der Waals surface area contributed by atoms with Gasteiger partial charge in [0.15, 0.2) is 0 Å². The van der Waals surface area contributed by atoms with Crippen molar-refractivity contribution in [2.75, 3.05) is 5.75 Å². The van der Waals surface area contributed by atoms with Crippen LogP contribution >= 0.6 is 35.3 Å². The van der Waals surface area contributed by atoms with E-state index >= 15 is 0 Å². The zero-order chi connectivity index (χ0) is 11.1. The van der Waals surface area contributed by atoms with Crippen LogP contribution in [0.4, 0.5) is 0 Å². The summed E-state index contributed by atoms with van der Waals surface area (Å²) >= 11 is 5.16. The number of unbranched alkanes of at least 4 members (excludes halogenated alkanes) is 1. The van der Waals surface area contributed by atoms with Crippen LogP contribution in [-0.2, 0) is 4.79 Å². The molecule has 1 unspecified atom stereocenters. The maximum atomic E-state index is 11.0. The lowest BCUT2D eigenvalue weighted by Crippen LogP contribution is -1.93. The Morgan fingerprint density at radius 3 is 3.20 bits per heavy atom. The molecule has 0 fully saturated rings. The molecule has 0 aromatic heterocycles. The van der Waals surface area contributed by atoms with Crippen molar-refractivity contribution in [1.29, 1.82) is 0 Å². The van der Waals surface area contributed by atoms with Gasteiger partial charge in [0.25, 0.3) is 0 Å². The number of rotatable bonds is 6. The molecule has 0 saturated carbocycles. The minimum absolute atomic E-state index is 0.0681. The lowest BCUT2D eigenvalue weighted by atomic mass is 10.3. The maximum absolute atomic E-state index is 11.0. The van der Waals surface area contributed by atoms with E-state index < -0.39 is 0 Å². The summed E-state index contributed by atoms with van der Waals surface area (Å²) in [6.07, 6.45) is 5.21. The molecule has 1 rings (SSSR count). The van der Waals surface area contributed by atoms with Crippen molar-refractivity contribution in [1.82, 2.24) is 0 Å². The summed E-state index contributed by atoms with van der Waals surface area (Å²) in [5.41, 5.74) is 0. The number of thioether (sulfide) groups is 3. The Hall–Kier alpha value is 0.200. The van der Waals surface area contributed by atoms with Crippen LogP contribution in [-0.4, -0.2) is 15.5 Å². The Morgan fingerprint density at radius 2 is 2.53 bits per heavy atom. The standard InChI is InChI=1S/C11H16OS3/c1-3-5-6-11-14-8-9(15-11)7-13-10(12)4-2/h4,8,11H,2-3,5-7H2,1H3. The molecular formula is C11H16OS3. The molecule has 0 amide bonds. The van der Waals surface area contributed by atoms with E-state index in [-0.39, 0.29) is 5.12 Å². The maximum Gasteiger partial charge on any atom is 0.211 e. The van der Waals surface area contributed by atoms with Gasteiger partial charge in [0, 0.05) is 10.7 Å². The van der Waals surface area contributed by atoms with Crippen LogP contribution in [0.5, 0.6) is 0 Å². The largest absolute Gasteiger partial charge is 0.282 e. The second-order valence-electron chi connectivity index (χ2n) is 3.22. The summed E-state index contributed by atoms with van der Waals surface area (Å²) in [5, 5.41) is 2.27. The van der Waals surface area contributed by atoms with Crippen molar-refractivity contribution in [2.45, 2.75) is 30.8 Å². The smallest absolute Gasteiger partial charge is 0.211 e. The van der Waals surface area contributed by atoms with Crippen molar-refractivity contribution in [2.24, 2.45) is 0 Å². The fourth-order valence-corrected chi connectivity index (χ4v) is 4.64. The highest BCUT2D eigenvalue weighted by Gasteiger charge is 2.18. The van der Waals surface area contributed by atoms with Gasteiger partial charge in [-0.05, 0) is 17.9 Å². The van der Waals surface area contributed by atoms with Gasteiger partial charge < -0.3 is 0 Å². The molecule has 1 heterocycles. The first-order valence-corrected chi connectivity index (χ1v) is 7.87. The van der Waals surface area contributed by atoms with Crippen molar-refractivity contribution < 1.29 is 4.79 Å². The lowest BCUT2D eigenvalue weighted by Gasteiger charge is -2.07. The second-order valence-corrected chi connectivity index (χ2v) is 6.91. The number of carbonyl (C=O) groups is 1. The van der Waals surface area contributed by atoms with E-state index in [4.69, 9.17) is 0 Å². The van der Waals surface area contributed by atoms with Gasteiger partial charge in [-0.3, -0.25) is 4.79 Å². The van der Waals surface area contributed by atoms with E-state index in [0.717, 1.165) is 5.75 Å². The topological polar surface area (TPSA) is 17.1 Å². The zero-order valence-electron chi connectivity index (χ0n) is 8.90. The first-order valence-electron chi connectivity index (χ1n) is 5.06. The Labute approximate surface area is 105 Å². The minimum atomic E-state index is 0.0681. The Balaban J connectivity index is 2.18. The van der Waals surface area contributed by atoms with Gasteiger partial charge in [0.1, 0.15) is 0 Å². The fourth-order valence-electron chi connectivity index (χ4n) is 1.14. The molecule has 0 aliphatic carbocycles. The molecule has 1 aliphatic rings. The van der Waals surface area contributed by atoms with E-state index in [1.54, 1.807) is 0 Å². The molecule has 0 spiro atoms. The summed E-state index contributed by atoms with van der Waals surface area (Å²) < 4.78 is 0.680. The monoisotopic (exact) mass is 260 g/mol. The van der Waals surface area contributed by atoms with Gasteiger partial charge in [-0.2, -0.15) is 0 Å². The molecule has 1 nitrogen and oxygen atoms in total. The van der Waals surface area contributed by atoms with Crippen molar-refractivity contribution in [3.8, 4) is 0 Å². The van der Waals surface area contributed by atoms with E-state index in [1.165, 1.54) is 42.0 Å². The van der Waals surface area contributed by atoms with E-state index in [0.29, 0.717) is 4.58 Å². The van der Waals surface area contributed by atoms with Gasteiger partial charge in [-0.15, -0.1) is 23.5 Å². The van der Waals surface area contributed by atoms with Crippen molar-refractivity contribution in [3.05, 3.63) is 23.0 Å². The van der Waals surface area contributed by atoms with Gasteiger partial charge in [-0.1, -0.05) is 38.1 Å². The number of hydrogen-bond acceptors (Lipinski definition) is 4. The summed E-state index contributed by atoms with van der Waals surface area (Å²) in [6, 6.07) is 0. The highest BCUT2D eigenvalue weighted by Crippen LogP contribution is 2.43. The first-order chi connectivity index (χ1) is 7.26. The molecule has 1 aliphatic heterocycles. The van der Waals surface area contributed by atoms with Crippen LogP contribution in [0.15, 0.2) is 23.0 Å². The van der Waals surface area contributed by atoms with E-state index in [2.05, 4.69) is 18.9 Å². The molecule has 0 aromatic rings. The molecular weight excluding hydrogens is 244 g/mol. The van der Waals surface area contributed by atoms with Crippen LogP contribution in [0.1, 0.15) is 26.2 Å². The normalized spacial score (nSPS) is 20.1. The Bertz CT molecular complexity index is 261. The quantitative estimate of drug-likeness (QED) is 0.663. The third-order valence-electron chi connectivity index (χ3n) is 1.95. The third kappa shape index (κ3) is 5.18. The first kappa shape index (κ1) is 13.3. The summed E-state index contributed by atoms with van der Waals surface area (Å²) in [4.78, 5) is 12.4. The van der Waals surface area contributed by atoms with Gasteiger partial charge in [0.05, 0.1) is 4.58 Å². The lowest BCUT2D eigenvalue weighted by molar-refractivity contribution is -0.107. The molecule has 1 atom stereocenters. The van der Waals surface area contributed by atoms with Gasteiger partial charge >= 0.3 is 0 Å². The van der Waals surface area contributed by atoms with Crippen LogP contribution in [0.3, 0.4) is 0 Å². The number of carbonyl (C=O) groups excluding carboxylic acids is 1. The molecule has 0 saturated heterocycles. The summed E-state index contributed by atoms with van der Waals surface area (Å²) in [5.74, 6) is 0.811. The highest BCUT2D eigenvalue weighted by atomic mass is 32.2. The van der Waals surface area contributed by atoms with Crippen LogP contribution in [0, 0.1) is 0 Å². The molecule has 4 heteroatoms. The zero-order valence-corrected chi connectivity index (χ0v) is 11.4. The predicted molar refractivity (Wildman–Crippen MR) is 74.2 cm³/mol. The highest BCUT2D eigenvalue weighted by molar-refractivity contribution is 8.24. The molecule has 0 radical (unpaired) electrons. The molecule has 0 aromatic carbocycles. The minimum Gasteiger partial charge on any atom is -0.282 e. The van der Waals surface area contributed by atoms with Crippen LogP contribution < -0.4 is 0 Å². The summed E-state index contributed by atoms with van der Waals surface area (Å²) in [7, 11) is 0. The van der Waals surface area contributed by atoms with Crippen molar-refractivity contribution in [3.63, 3.8) is 0 Å². The molecule has 84 valence electrons.